The largest absolute Gasteiger partial charge is 0.480 e. The van der Waals surface area contributed by atoms with Crippen molar-refractivity contribution in [1.82, 2.24) is 5.32 Å². The van der Waals surface area contributed by atoms with E-state index in [-0.39, 0.29) is 10.5 Å². The summed E-state index contributed by atoms with van der Waals surface area (Å²) in [5, 5.41) is 10.5. The van der Waals surface area contributed by atoms with Crippen molar-refractivity contribution >= 4 is 21.7 Å². The summed E-state index contributed by atoms with van der Waals surface area (Å²) in [5.74, 6) is -2.41. The zero-order valence-corrected chi connectivity index (χ0v) is 14.1. The lowest BCUT2D eigenvalue weighted by Crippen LogP contribution is -2.42. The Bertz CT molecular complexity index is 727. The summed E-state index contributed by atoms with van der Waals surface area (Å²) in [6.45, 7) is 0. The van der Waals surface area contributed by atoms with Crippen LogP contribution in [-0.2, 0) is 14.6 Å². The van der Waals surface area contributed by atoms with Crippen molar-refractivity contribution in [3.8, 4) is 0 Å². The standard InChI is InChI=1S/C16H19F2NO5S/c17-14(18)9-13(16(21)22)19-15(20)10-5-7-12(8-6-10)25(23,24)11-3-1-2-4-11/h5-8,11,13-14H,1-4,9H2,(H,19,20)(H,21,22). The van der Waals surface area contributed by atoms with E-state index in [1.165, 1.54) is 24.3 Å². The number of nitrogens with one attached hydrogen (secondary N) is 1. The molecule has 1 aromatic rings. The molecule has 9 heteroatoms. The number of carboxylic acid groups (broad SMARTS) is 1. The van der Waals surface area contributed by atoms with Crippen molar-refractivity contribution in [2.45, 2.75) is 54.7 Å². The molecular weight excluding hydrogens is 356 g/mol. The summed E-state index contributed by atoms with van der Waals surface area (Å²) in [6, 6.07) is 3.35. The highest BCUT2D eigenvalue weighted by atomic mass is 32.2. The second-order valence-corrected chi connectivity index (χ2v) is 8.20. The average Bonchev–Trinajstić information content (AvgIpc) is 3.09. The first-order chi connectivity index (χ1) is 11.7. The predicted octanol–water partition coefficient (Wildman–Crippen LogP) is 2.24. The Morgan fingerprint density at radius 2 is 1.72 bits per heavy atom. The molecule has 1 atom stereocenters. The van der Waals surface area contributed by atoms with Crippen molar-refractivity contribution in [1.29, 1.82) is 0 Å². The number of halogens is 2. The smallest absolute Gasteiger partial charge is 0.326 e. The molecule has 0 aromatic heterocycles. The van der Waals surface area contributed by atoms with Gasteiger partial charge in [0.15, 0.2) is 9.84 Å². The van der Waals surface area contributed by atoms with Crippen molar-refractivity contribution in [3.05, 3.63) is 29.8 Å². The van der Waals surface area contributed by atoms with Crippen LogP contribution in [0, 0.1) is 0 Å². The number of sulfone groups is 1. The topological polar surface area (TPSA) is 101 Å². The summed E-state index contributed by atoms with van der Waals surface area (Å²) in [5.41, 5.74) is 0.00545. The second kappa shape index (κ2) is 7.90. The monoisotopic (exact) mass is 375 g/mol. The third-order valence-electron chi connectivity index (χ3n) is 4.20. The number of benzene rings is 1. The Balaban J connectivity index is 2.10. The van der Waals surface area contributed by atoms with E-state index in [1.54, 1.807) is 0 Å². The number of hydrogen-bond donors (Lipinski definition) is 2. The van der Waals surface area contributed by atoms with Crippen LogP contribution < -0.4 is 5.32 Å². The van der Waals surface area contributed by atoms with Crippen LogP contribution in [0.4, 0.5) is 8.78 Å². The Hall–Kier alpha value is -2.03. The van der Waals surface area contributed by atoms with Crippen LogP contribution in [0.5, 0.6) is 0 Å². The van der Waals surface area contributed by atoms with Crippen LogP contribution in [0.2, 0.25) is 0 Å². The molecular formula is C16H19F2NO5S. The van der Waals surface area contributed by atoms with E-state index < -0.39 is 45.9 Å². The van der Waals surface area contributed by atoms with Crippen molar-refractivity contribution in [3.63, 3.8) is 0 Å². The highest BCUT2D eigenvalue weighted by Gasteiger charge is 2.30. The quantitative estimate of drug-likeness (QED) is 0.761. The molecule has 0 heterocycles. The molecule has 0 spiro atoms. The molecule has 138 valence electrons. The van der Waals surface area contributed by atoms with Gasteiger partial charge >= 0.3 is 5.97 Å². The van der Waals surface area contributed by atoms with Crippen LogP contribution >= 0.6 is 0 Å². The van der Waals surface area contributed by atoms with E-state index in [0.29, 0.717) is 12.8 Å². The molecule has 0 saturated heterocycles. The molecule has 1 aliphatic carbocycles. The van der Waals surface area contributed by atoms with Crippen LogP contribution in [-0.4, -0.2) is 43.1 Å². The SMILES string of the molecule is O=C(NC(CC(F)F)C(=O)O)c1ccc(S(=O)(=O)C2CCCC2)cc1. The van der Waals surface area contributed by atoms with E-state index in [0.717, 1.165) is 12.8 Å². The van der Waals surface area contributed by atoms with Gasteiger partial charge in [0.2, 0.25) is 6.43 Å². The van der Waals surface area contributed by atoms with E-state index in [2.05, 4.69) is 0 Å². The molecule has 6 nitrogen and oxygen atoms in total. The summed E-state index contributed by atoms with van der Waals surface area (Å²) in [6.07, 6.45) is -0.928. The molecule has 1 saturated carbocycles. The van der Waals surface area contributed by atoms with Gasteiger partial charge in [0.1, 0.15) is 6.04 Å². The van der Waals surface area contributed by atoms with Gasteiger partial charge in [-0.3, -0.25) is 4.79 Å². The number of amides is 1. The predicted molar refractivity (Wildman–Crippen MR) is 85.4 cm³/mol. The minimum Gasteiger partial charge on any atom is -0.480 e. The maximum absolute atomic E-state index is 12.4. The third kappa shape index (κ3) is 4.75. The lowest BCUT2D eigenvalue weighted by molar-refractivity contribution is -0.140. The molecule has 0 radical (unpaired) electrons. The van der Waals surface area contributed by atoms with Crippen LogP contribution in [0.3, 0.4) is 0 Å². The molecule has 0 bridgehead atoms. The van der Waals surface area contributed by atoms with Crippen LogP contribution in [0.15, 0.2) is 29.2 Å². The van der Waals surface area contributed by atoms with Gasteiger partial charge < -0.3 is 10.4 Å². The molecule has 0 aliphatic heterocycles. The fourth-order valence-corrected chi connectivity index (χ4v) is 4.68. The maximum Gasteiger partial charge on any atom is 0.326 e. The van der Waals surface area contributed by atoms with Gasteiger partial charge in [-0.15, -0.1) is 0 Å². The zero-order valence-electron chi connectivity index (χ0n) is 13.3. The number of alkyl halides is 2. The first-order valence-electron chi connectivity index (χ1n) is 7.87. The normalized spacial score (nSPS) is 16.8. The molecule has 1 aliphatic rings. The lowest BCUT2D eigenvalue weighted by Gasteiger charge is -2.15. The Labute approximate surface area is 144 Å². The van der Waals surface area contributed by atoms with Gasteiger partial charge in [-0.2, -0.15) is 0 Å². The summed E-state index contributed by atoms with van der Waals surface area (Å²) < 4.78 is 49.6. The first kappa shape index (κ1) is 19.3. The van der Waals surface area contributed by atoms with Crippen LogP contribution in [0.25, 0.3) is 0 Å². The van der Waals surface area contributed by atoms with Crippen molar-refractivity contribution in [2.75, 3.05) is 0 Å². The molecule has 2 rings (SSSR count). The van der Waals surface area contributed by atoms with Gasteiger partial charge in [-0.05, 0) is 37.1 Å². The van der Waals surface area contributed by atoms with Crippen molar-refractivity contribution in [2.24, 2.45) is 0 Å². The number of aliphatic carboxylic acids is 1. The average molecular weight is 375 g/mol. The number of carbonyl (C=O) groups is 2. The van der Waals surface area contributed by atoms with Gasteiger partial charge in [-0.1, -0.05) is 12.8 Å². The van der Waals surface area contributed by atoms with E-state index in [9.17, 15) is 26.8 Å². The van der Waals surface area contributed by atoms with E-state index in [1.807, 2.05) is 5.32 Å². The Morgan fingerprint density at radius 3 is 2.20 bits per heavy atom. The summed E-state index contributed by atoms with van der Waals surface area (Å²) >= 11 is 0. The summed E-state index contributed by atoms with van der Waals surface area (Å²) in [7, 11) is -3.46. The van der Waals surface area contributed by atoms with Crippen LogP contribution in [0.1, 0.15) is 42.5 Å². The second-order valence-electron chi connectivity index (χ2n) is 5.97. The fraction of sp³-hybridized carbons (Fsp3) is 0.500. The molecule has 1 unspecified atom stereocenters. The van der Waals surface area contributed by atoms with Crippen molar-refractivity contribution < 1.29 is 31.9 Å². The number of carboxylic acids is 1. The van der Waals surface area contributed by atoms with Gasteiger partial charge in [0.25, 0.3) is 5.91 Å². The molecule has 1 fully saturated rings. The number of hydrogen-bond acceptors (Lipinski definition) is 4. The van der Waals surface area contributed by atoms with E-state index in [4.69, 9.17) is 5.11 Å². The zero-order chi connectivity index (χ0) is 18.6. The Morgan fingerprint density at radius 1 is 1.16 bits per heavy atom. The van der Waals surface area contributed by atoms with Gasteiger partial charge in [0, 0.05) is 12.0 Å². The number of rotatable bonds is 7. The molecule has 25 heavy (non-hydrogen) atoms. The highest BCUT2D eigenvalue weighted by Crippen LogP contribution is 2.29. The minimum atomic E-state index is -3.46. The lowest BCUT2D eigenvalue weighted by atomic mass is 10.1. The maximum atomic E-state index is 12.4. The molecule has 2 N–H and O–H groups in total. The third-order valence-corrected chi connectivity index (χ3v) is 6.48. The summed E-state index contributed by atoms with van der Waals surface area (Å²) in [4.78, 5) is 23.0. The highest BCUT2D eigenvalue weighted by molar-refractivity contribution is 7.92. The minimum absolute atomic E-state index is 0.00545. The van der Waals surface area contributed by atoms with Gasteiger partial charge in [-0.25, -0.2) is 22.0 Å². The number of carbonyl (C=O) groups excluding carboxylic acids is 1. The first-order valence-corrected chi connectivity index (χ1v) is 9.42. The fourth-order valence-electron chi connectivity index (χ4n) is 2.83. The van der Waals surface area contributed by atoms with E-state index >= 15 is 0 Å². The Kier molecular flexibility index (Phi) is 6.10. The molecule has 1 aromatic carbocycles. The molecule has 1 amide bonds. The van der Waals surface area contributed by atoms with Gasteiger partial charge in [0.05, 0.1) is 10.1 Å².